The van der Waals surface area contributed by atoms with E-state index in [1.807, 2.05) is 29.7 Å². The topological polar surface area (TPSA) is 82.2 Å². The van der Waals surface area contributed by atoms with Crippen LogP contribution in [0.2, 0.25) is 5.02 Å². The van der Waals surface area contributed by atoms with E-state index in [0.717, 1.165) is 42.1 Å². The van der Waals surface area contributed by atoms with Crippen LogP contribution in [0.15, 0.2) is 56.7 Å². The minimum absolute atomic E-state index is 0.0346. The van der Waals surface area contributed by atoms with Crippen LogP contribution < -0.4 is 5.56 Å². The summed E-state index contributed by atoms with van der Waals surface area (Å²) in [6.07, 6.45) is 4.09. The smallest absolute Gasteiger partial charge is 0.264 e. The lowest BCUT2D eigenvalue weighted by molar-refractivity contribution is 0.263. The summed E-state index contributed by atoms with van der Waals surface area (Å²) in [5, 5.41) is 5.83. The van der Waals surface area contributed by atoms with E-state index in [1.54, 1.807) is 31.2 Å². The summed E-state index contributed by atoms with van der Waals surface area (Å²) in [6, 6.07) is 12.6. The number of hydrogen-bond acceptors (Lipinski definition) is 5. The third-order valence-corrected chi connectivity index (χ3v) is 9.11. The summed E-state index contributed by atoms with van der Waals surface area (Å²) >= 11 is 6.54. The Kier molecular flexibility index (Phi) is 6.02. The van der Waals surface area contributed by atoms with Gasteiger partial charge in [-0.3, -0.25) is 4.79 Å². The normalized spacial score (nSPS) is 19.1. The van der Waals surface area contributed by atoms with Crippen molar-refractivity contribution in [2.24, 2.45) is 5.92 Å². The monoisotopic (exact) mass is 498 g/mol. The molecule has 1 fully saturated rings. The molecule has 0 N–H and O–H groups in total. The second-order valence-corrected chi connectivity index (χ2v) is 11.9. The highest BCUT2D eigenvalue weighted by Crippen LogP contribution is 2.38. The maximum atomic E-state index is 13.6. The van der Waals surface area contributed by atoms with Crippen molar-refractivity contribution in [2.75, 3.05) is 5.75 Å². The van der Waals surface area contributed by atoms with Crippen molar-refractivity contribution in [1.82, 2.24) is 9.72 Å². The van der Waals surface area contributed by atoms with Crippen molar-refractivity contribution in [3.63, 3.8) is 0 Å². The molecule has 2 aromatic carbocycles. The number of hydrogen-bond donors (Lipinski definition) is 0. The molecular weight excluding hydrogens is 472 g/mol. The average molecular weight is 499 g/mol. The molecule has 0 spiro atoms. The summed E-state index contributed by atoms with van der Waals surface area (Å²) in [5.41, 5.74) is 2.05. The minimum Gasteiger partial charge on any atom is -0.360 e. The Morgan fingerprint density at radius 2 is 1.91 bits per heavy atom. The van der Waals surface area contributed by atoms with Crippen molar-refractivity contribution in [2.45, 2.75) is 56.9 Å². The van der Waals surface area contributed by atoms with Gasteiger partial charge in [-0.15, -0.1) is 0 Å². The molecule has 178 valence electrons. The highest BCUT2D eigenvalue weighted by molar-refractivity contribution is 7.91. The first-order valence-corrected chi connectivity index (χ1v) is 13.7. The molecule has 1 aliphatic rings. The first kappa shape index (κ1) is 23.1. The van der Waals surface area contributed by atoms with Gasteiger partial charge in [-0.25, -0.2) is 8.42 Å². The van der Waals surface area contributed by atoms with Crippen LogP contribution >= 0.6 is 11.6 Å². The van der Waals surface area contributed by atoms with E-state index < -0.39 is 9.84 Å². The average Bonchev–Trinajstić information content (AvgIpc) is 3.20. The van der Waals surface area contributed by atoms with Crippen molar-refractivity contribution < 1.29 is 12.9 Å². The van der Waals surface area contributed by atoms with Gasteiger partial charge in [0.15, 0.2) is 9.84 Å². The van der Waals surface area contributed by atoms with Crippen molar-refractivity contribution in [3.8, 4) is 0 Å². The molecule has 2 atom stereocenters. The van der Waals surface area contributed by atoms with Gasteiger partial charge < -0.3 is 9.09 Å². The largest absolute Gasteiger partial charge is 0.360 e. The zero-order chi connectivity index (χ0) is 24.0. The van der Waals surface area contributed by atoms with Gasteiger partial charge in [0.2, 0.25) is 0 Å². The quantitative estimate of drug-likeness (QED) is 0.336. The predicted octanol–water partition coefficient (Wildman–Crippen LogP) is 6.01. The predicted molar refractivity (Wildman–Crippen MR) is 134 cm³/mol. The van der Waals surface area contributed by atoms with Crippen LogP contribution in [-0.2, 0) is 9.84 Å². The maximum absolute atomic E-state index is 13.6. The Hall–Kier alpha value is -2.64. The zero-order valence-corrected chi connectivity index (χ0v) is 20.8. The molecule has 0 bridgehead atoms. The zero-order valence-electron chi connectivity index (χ0n) is 19.3. The SMILES string of the molecule is Cc1cccc(S(=O)(=O)CCC2CCCC(n3c(=O)c4c(C)onc4c4c(Cl)cccc43)C2)c1. The maximum Gasteiger partial charge on any atom is 0.264 e. The molecule has 8 heteroatoms. The molecule has 0 radical (unpaired) electrons. The molecule has 34 heavy (non-hydrogen) atoms. The third-order valence-electron chi connectivity index (χ3n) is 7.05. The molecule has 5 rings (SSSR count). The lowest BCUT2D eigenvalue weighted by Gasteiger charge is -2.31. The van der Waals surface area contributed by atoms with Crippen LogP contribution in [0.5, 0.6) is 0 Å². The Morgan fingerprint density at radius 3 is 2.71 bits per heavy atom. The molecule has 0 saturated heterocycles. The third kappa shape index (κ3) is 4.05. The highest BCUT2D eigenvalue weighted by atomic mass is 35.5. The first-order chi connectivity index (χ1) is 16.3. The Morgan fingerprint density at radius 1 is 1.12 bits per heavy atom. The number of pyridine rings is 1. The second-order valence-electron chi connectivity index (χ2n) is 9.38. The number of nitrogens with zero attached hydrogens (tertiary/aromatic N) is 2. The van der Waals surface area contributed by atoms with Gasteiger partial charge in [0.25, 0.3) is 5.56 Å². The Labute approximate surface area is 203 Å². The fourth-order valence-electron chi connectivity index (χ4n) is 5.34. The number of sulfone groups is 1. The minimum atomic E-state index is -3.35. The first-order valence-electron chi connectivity index (χ1n) is 11.6. The van der Waals surface area contributed by atoms with Gasteiger partial charge in [-0.1, -0.05) is 47.8 Å². The molecule has 0 amide bonds. The van der Waals surface area contributed by atoms with Crippen LogP contribution in [-0.4, -0.2) is 23.9 Å². The summed E-state index contributed by atoms with van der Waals surface area (Å²) < 4.78 is 33.0. The van der Waals surface area contributed by atoms with Gasteiger partial charge >= 0.3 is 0 Å². The van der Waals surface area contributed by atoms with E-state index in [2.05, 4.69) is 5.16 Å². The van der Waals surface area contributed by atoms with Gasteiger partial charge in [0, 0.05) is 11.4 Å². The molecule has 1 saturated carbocycles. The van der Waals surface area contributed by atoms with Crippen molar-refractivity contribution in [3.05, 3.63) is 69.2 Å². The number of rotatable bonds is 5. The lowest BCUT2D eigenvalue weighted by Crippen LogP contribution is -2.30. The fraction of sp³-hybridized carbons (Fsp3) is 0.385. The summed E-state index contributed by atoms with van der Waals surface area (Å²) in [6.45, 7) is 3.64. The van der Waals surface area contributed by atoms with Crippen LogP contribution in [0, 0.1) is 19.8 Å². The van der Waals surface area contributed by atoms with Gasteiger partial charge in [-0.05, 0) is 68.9 Å². The van der Waals surface area contributed by atoms with Crippen molar-refractivity contribution in [1.29, 1.82) is 0 Å². The van der Waals surface area contributed by atoms with E-state index in [1.165, 1.54) is 0 Å². The molecule has 1 aliphatic carbocycles. The van der Waals surface area contributed by atoms with Crippen LogP contribution in [0.3, 0.4) is 0 Å². The second kappa shape index (κ2) is 8.86. The van der Waals surface area contributed by atoms with Gasteiger partial charge in [0.05, 0.1) is 21.2 Å². The molecule has 4 aromatic rings. The molecule has 0 aliphatic heterocycles. The van der Waals surface area contributed by atoms with Crippen LogP contribution in [0.1, 0.15) is 49.5 Å². The van der Waals surface area contributed by atoms with E-state index >= 15 is 0 Å². The van der Waals surface area contributed by atoms with E-state index in [9.17, 15) is 13.2 Å². The number of halogens is 1. The van der Waals surface area contributed by atoms with E-state index in [0.29, 0.717) is 33.0 Å². The molecule has 6 nitrogen and oxygen atoms in total. The summed E-state index contributed by atoms with van der Waals surface area (Å²) in [5.74, 6) is 0.810. The number of aromatic nitrogens is 2. The number of fused-ring (bicyclic) bond motifs is 3. The molecule has 2 aromatic heterocycles. The van der Waals surface area contributed by atoms with Gasteiger partial charge in [0.1, 0.15) is 16.7 Å². The standard InChI is InChI=1S/C26H27ClN2O4S/c1-16-6-3-9-20(14-16)34(31,32)13-12-18-7-4-8-19(15-18)29-22-11-5-10-21(27)24(22)25-23(26(29)30)17(2)33-28-25/h3,5-6,9-11,14,18-19H,4,7-8,12-13,15H2,1-2H3. The van der Waals surface area contributed by atoms with Crippen LogP contribution in [0.25, 0.3) is 21.8 Å². The summed E-state index contributed by atoms with van der Waals surface area (Å²) in [7, 11) is -3.35. The summed E-state index contributed by atoms with van der Waals surface area (Å²) in [4.78, 5) is 14.0. The lowest BCUT2D eigenvalue weighted by atomic mass is 9.83. The van der Waals surface area contributed by atoms with Crippen molar-refractivity contribution >= 4 is 43.2 Å². The Balaban J connectivity index is 1.47. The molecule has 2 heterocycles. The van der Waals surface area contributed by atoms with E-state index in [4.69, 9.17) is 16.1 Å². The van der Waals surface area contributed by atoms with Crippen LogP contribution in [0.4, 0.5) is 0 Å². The van der Waals surface area contributed by atoms with E-state index in [-0.39, 0.29) is 23.3 Å². The molecular formula is C26H27ClN2O4S. The number of aryl methyl sites for hydroxylation is 2. The van der Waals surface area contributed by atoms with Gasteiger partial charge in [-0.2, -0.15) is 0 Å². The highest BCUT2D eigenvalue weighted by Gasteiger charge is 2.29. The number of benzene rings is 2. The molecule has 2 unspecified atom stereocenters. The Bertz CT molecular complexity index is 1550. The fourth-order valence-corrected chi connectivity index (χ4v) is 7.13.